The zero-order chi connectivity index (χ0) is 24.0. The quantitative estimate of drug-likeness (QED) is 0.535. The summed E-state index contributed by atoms with van der Waals surface area (Å²) >= 11 is 0. The van der Waals surface area contributed by atoms with E-state index in [9.17, 15) is 9.59 Å². The van der Waals surface area contributed by atoms with Crippen molar-refractivity contribution in [3.63, 3.8) is 0 Å². The maximum absolute atomic E-state index is 12.7. The number of ether oxygens (including phenoxy) is 2. The Morgan fingerprint density at radius 2 is 0.971 bits per heavy atom. The van der Waals surface area contributed by atoms with E-state index < -0.39 is 11.9 Å². The molecule has 5 rings (SSSR count). The lowest BCUT2D eigenvalue weighted by Gasteiger charge is -2.35. The summed E-state index contributed by atoms with van der Waals surface area (Å²) in [6.07, 6.45) is 0. The largest absolute Gasteiger partial charge is 0.440 e. The normalized spacial score (nSPS) is 14.7. The molecule has 8 nitrogen and oxygen atoms in total. The fourth-order valence-electron chi connectivity index (χ4n) is 4.18. The van der Waals surface area contributed by atoms with Crippen molar-refractivity contribution in [3.05, 3.63) is 71.8 Å². The second kappa shape index (κ2) is 8.30. The van der Waals surface area contributed by atoms with E-state index in [0.29, 0.717) is 22.5 Å². The van der Waals surface area contributed by atoms with Gasteiger partial charge in [-0.2, -0.15) is 0 Å². The highest BCUT2D eigenvalue weighted by Gasteiger charge is 2.33. The third-order valence-corrected chi connectivity index (χ3v) is 6.14. The zero-order valence-corrected chi connectivity index (χ0v) is 19.6. The Hall–Kier alpha value is -4.20. The molecule has 8 heteroatoms. The van der Waals surface area contributed by atoms with Crippen LogP contribution in [0.3, 0.4) is 0 Å². The van der Waals surface area contributed by atoms with Crippen LogP contribution in [0.25, 0.3) is 0 Å². The number of benzene rings is 3. The van der Waals surface area contributed by atoms with Crippen LogP contribution >= 0.6 is 0 Å². The molecule has 2 aliphatic heterocycles. The summed E-state index contributed by atoms with van der Waals surface area (Å²) < 4.78 is 11.0. The Kier molecular flexibility index (Phi) is 5.28. The number of carbonyl (C=O) groups is 2. The molecule has 174 valence electrons. The number of rotatable bonds is 4. The predicted octanol–water partition coefficient (Wildman–Crippen LogP) is 4.35. The molecule has 0 spiro atoms. The minimum atomic E-state index is -0.416. The zero-order valence-electron chi connectivity index (χ0n) is 19.6. The molecule has 3 aromatic rings. The van der Waals surface area contributed by atoms with E-state index in [1.807, 2.05) is 96.3 Å². The molecule has 0 unspecified atom stereocenters. The van der Waals surface area contributed by atoms with Gasteiger partial charge in [-0.05, 0) is 60.7 Å². The van der Waals surface area contributed by atoms with Crippen molar-refractivity contribution >= 4 is 46.1 Å². The summed E-state index contributed by atoms with van der Waals surface area (Å²) in [5, 5.41) is 0. The van der Waals surface area contributed by atoms with Gasteiger partial charge in [0.25, 0.3) is 0 Å². The number of cyclic esters (lactones) is 2. The lowest BCUT2D eigenvalue weighted by Crippen LogP contribution is -2.34. The van der Waals surface area contributed by atoms with Crippen LogP contribution < -0.4 is 19.6 Å². The first kappa shape index (κ1) is 21.6. The van der Waals surface area contributed by atoms with Crippen molar-refractivity contribution in [2.24, 2.45) is 0 Å². The second-order valence-corrected chi connectivity index (χ2v) is 8.69. The Labute approximate surface area is 198 Å². The van der Waals surface area contributed by atoms with Gasteiger partial charge in [-0.25, -0.2) is 9.59 Å². The second-order valence-electron chi connectivity index (χ2n) is 8.69. The summed E-state index contributed by atoms with van der Waals surface area (Å²) in [4.78, 5) is 33.3. The number of hydrogen-bond acceptors (Lipinski definition) is 8. The Morgan fingerprint density at radius 3 is 1.29 bits per heavy atom. The molecule has 0 saturated heterocycles. The SMILES string of the molecule is CN(C)c1ccc(N2COC(=O)c3cc4c(cc32)C(=O)OCN4c2ccc(N(C)C)cc2)cc1. The van der Waals surface area contributed by atoms with Gasteiger partial charge >= 0.3 is 11.9 Å². The maximum atomic E-state index is 12.7. The van der Waals surface area contributed by atoms with E-state index in [-0.39, 0.29) is 13.5 Å². The minimum Gasteiger partial charge on any atom is -0.440 e. The molecular weight excluding hydrogens is 432 g/mol. The topological polar surface area (TPSA) is 65.6 Å². The number of esters is 2. The maximum Gasteiger partial charge on any atom is 0.342 e. The third kappa shape index (κ3) is 3.67. The van der Waals surface area contributed by atoms with E-state index in [2.05, 4.69) is 0 Å². The highest BCUT2D eigenvalue weighted by Crippen LogP contribution is 2.41. The van der Waals surface area contributed by atoms with Gasteiger partial charge in [-0.15, -0.1) is 0 Å². The van der Waals surface area contributed by atoms with Crippen molar-refractivity contribution in [2.75, 3.05) is 61.3 Å². The van der Waals surface area contributed by atoms with Gasteiger partial charge in [-0.1, -0.05) is 0 Å². The molecule has 0 N–H and O–H groups in total. The van der Waals surface area contributed by atoms with Crippen LogP contribution in [-0.2, 0) is 9.47 Å². The summed E-state index contributed by atoms with van der Waals surface area (Å²) in [5.41, 5.74) is 5.89. The molecule has 0 fully saturated rings. The average Bonchev–Trinajstić information content (AvgIpc) is 2.84. The van der Waals surface area contributed by atoms with Crippen LogP contribution in [0.4, 0.5) is 34.1 Å². The van der Waals surface area contributed by atoms with Crippen molar-refractivity contribution in [2.45, 2.75) is 0 Å². The van der Waals surface area contributed by atoms with E-state index in [4.69, 9.17) is 9.47 Å². The first-order valence-electron chi connectivity index (χ1n) is 11.0. The number of hydrogen-bond donors (Lipinski definition) is 0. The number of fused-ring (bicyclic) bond motifs is 2. The summed E-state index contributed by atoms with van der Waals surface area (Å²) in [7, 11) is 7.91. The molecule has 0 amide bonds. The smallest absolute Gasteiger partial charge is 0.342 e. The Morgan fingerprint density at radius 1 is 0.618 bits per heavy atom. The van der Waals surface area contributed by atoms with Gasteiger partial charge in [0.05, 0.1) is 22.5 Å². The number of carbonyl (C=O) groups excluding carboxylic acids is 2. The average molecular weight is 459 g/mol. The standard InChI is InChI=1S/C26H26N4O4/c1-27(2)17-5-9-19(10-6-17)29-15-33-25(31)21-14-24-22(13-23(21)29)26(32)34-16-30(24)20-11-7-18(8-12-20)28(3)4/h5-14H,15-16H2,1-4H3. The van der Waals surface area contributed by atoms with Crippen molar-refractivity contribution < 1.29 is 19.1 Å². The predicted molar refractivity (Wildman–Crippen MR) is 133 cm³/mol. The van der Waals surface area contributed by atoms with E-state index >= 15 is 0 Å². The highest BCUT2D eigenvalue weighted by atomic mass is 16.6. The molecule has 0 saturated carbocycles. The fourth-order valence-corrected chi connectivity index (χ4v) is 4.18. The van der Waals surface area contributed by atoms with Crippen LogP contribution in [0.5, 0.6) is 0 Å². The molecule has 34 heavy (non-hydrogen) atoms. The van der Waals surface area contributed by atoms with Crippen molar-refractivity contribution in [1.82, 2.24) is 0 Å². The van der Waals surface area contributed by atoms with E-state index in [1.54, 1.807) is 12.1 Å². The first-order valence-corrected chi connectivity index (χ1v) is 11.0. The van der Waals surface area contributed by atoms with Gasteiger partial charge in [0.2, 0.25) is 0 Å². The number of anilines is 6. The lowest BCUT2D eigenvalue weighted by molar-refractivity contribution is 0.0473. The molecule has 0 aliphatic carbocycles. The molecule has 0 aromatic heterocycles. The molecule has 2 aliphatic rings. The van der Waals surface area contributed by atoms with Gasteiger partial charge in [0.15, 0.2) is 13.5 Å². The molecular formula is C26H26N4O4. The van der Waals surface area contributed by atoms with Crippen LogP contribution in [0.2, 0.25) is 0 Å². The third-order valence-electron chi connectivity index (χ3n) is 6.14. The van der Waals surface area contributed by atoms with Crippen molar-refractivity contribution in [3.8, 4) is 0 Å². The monoisotopic (exact) mass is 458 g/mol. The van der Waals surface area contributed by atoms with Gasteiger partial charge in [0, 0.05) is 50.9 Å². The summed E-state index contributed by atoms with van der Waals surface area (Å²) in [5.74, 6) is -0.832. The van der Waals surface area contributed by atoms with Crippen LogP contribution in [0.1, 0.15) is 20.7 Å². The van der Waals surface area contributed by atoms with E-state index in [1.165, 1.54) is 0 Å². The first-order chi connectivity index (χ1) is 16.3. The molecule has 3 aromatic carbocycles. The molecule has 0 radical (unpaired) electrons. The molecule has 0 bridgehead atoms. The summed E-state index contributed by atoms with van der Waals surface area (Å²) in [6, 6.07) is 19.3. The minimum absolute atomic E-state index is 0.0662. The van der Waals surface area contributed by atoms with Gasteiger partial charge in [-0.3, -0.25) is 0 Å². The molecule has 2 heterocycles. The van der Waals surface area contributed by atoms with E-state index in [0.717, 1.165) is 22.7 Å². The molecule has 0 atom stereocenters. The summed E-state index contributed by atoms with van der Waals surface area (Å²) in [6.45, 7) is 0.132. The van der Waals surface area contributed by atoms with Crippen LogP contribution in [0, 0.1) is 0 Å². The van der Waals surface area contributed by atoms with Gasteiger partial charge < -0.3 is 29.1 Å². The van der Waals surface area contributed by atoms with Crippen molar-refractivity contribution in [1.29, 1.82) is 0 Å². The lowest BCUT2D eigenvalue weighted by atomic mass is 10.0. The van der Waals surface area contributed by atoms with Crippen LogP contribution in [-0.4, -0.2) is 53.6 Å². The Bertz CT molecular complexity index is 1150. The number of nitrogens with zero attached hydrogens (tertiary/aromatic N) is 4. The fraction of sp³-hybridized carbons (Fsp3) is 0.231. The highest BCUT2D eigenvalue weighted by molar-refractivity contribution is 6.06. The Balaban J connectivity index is 1.57. The van der Waals surface area contributed by atoms with Gasteiger partial charge in [0.1, 0.15) is 0 Å². The van der Waals surface area contributed by atoms with Crippen LogP contribution in [0.15, 0.2) is 60.7 Å².